The highest BCUT2D eigenvalue weighted by molar-refractivity contribution is 7.09. The summed E-state index contributed by atoms with van der Waals surface area (Å²) in [5.74, 6) is 0.844. The van der Waals surface area contributed by atoms with E-state index in [2.05, 4.69) is 11.1 Å². The van der Waals surface area contributed by atoms with Gasteiger partial charge in [0.15, 0.2) is 0 Å². The Kier molecular flexibility index (Phi) is 3.96. The second-order valence-corrected chi connectivity index (χ2v) is 4.99. The van der Waals surface area contributed by atoms with Crippen molar-refractivity contribution in [1.82, 2.24) is 4.98 Å². The molecule has 92 valence electrons. The molecule has 0 aliphatic heterocycles. The van der Waals surface area contributed by atoms with Crippen LogP contribution >= 0.6 is 11.3 Å². The molecule has 0 bridgehead atoms. The second kappa shape index (κ2) is 5.65. The molecule has 1 aromatic carbocycles. The lowest BCUT2D eigenvalue weighted by Crippen LogP contribution is -2.02. The minimum atomic E-state index is 0.635. The van der Waals surface area contributed by atoms with Crippen LogP contribution < -0.4 is 4.74 Å². The van der Waals surface area contributed by atoms with Crippen LogP contribution in [0.5, 0.6) is 5.75 Å². The summed E-state index contributed by atoms with van der Waals surface area (Å²) in [6.07, 6.45) is 0.871. The first-order valence-electron chi connectivity index (χ1n) is 5.73. The van der Waals surface area contributed by atoms with Crippen LogP contribution in [0.3, 0.4) is 0 Å². The van der Waals surface area contributed by atoms with Crippen molar-refractivity contribution in [2.24, 2.45) is 0 Å². The van der Waals surface area contributed by atoms with E-state index in [1.165, 1.54) is 4.88 Å². The summed E-state index contributed by atoms with van der Waals surface area (Å²) in [7, 11) is 0. The number of nitriles is 1. The van der Waals surface area contributed by atoms with E-state index in [-0.39, 0.29) is 0 Å². The van der Waals surface area contributed by atoms with Crippen LogP contribution in [0.2, 0.25) is 0 Å². The molecular formula is C14H14N2OS. The maximum absolute atomic E-state index is 8.79. The number of aromatic nitrogens is 1. The van der Waals surface area contributed by atoms with Crippen LogP contribution in [0.1, 0.15) is 21.7 Å². The molecule has 3 nitrogen and oxygen atoms in total. The molecule has 0 spiro atoms. The zero-order valence-corrected chi connectivity index (χ0v) is 11.3. The average molecular weight is 258 g/mol. The lowest BCUT2D eigenvalue weighted by molar-refractivity contribution is 0.320. The number of hydrogen-bond donors (Lipinski definition) is 0. The van der Waals surface area contributed by atoms with Crippen LogP contribution in [0.15, 0.2) is 23.7 Å². The molecule has 0 aliphatic rings. The van der Waals surface area contributed by atoms with E-state index in [0.717, 1.165) is 23.4 Å². The van der Waals surface area contributed by atoms with Crippen molar-refractivity contribution in [3.63, 3.8) is 0 Å². The average Bonchev–Trinajstić information content (AvgIpc) is 2.77. The number of benzene rings is 1. The topological polar surface area (TPSA) is 45.9 Å². The smallest absolute Gasteiger partial charge is 0.122 e. The Labute approximate surface area is 111 Å². The first kappa shape index (κ1) is 12.6. The number of nitrogens with zero attached hydrogens (tertiary/aromatic N) is 2. The van der Waals surface area contributed by atoms with Gasteiger partial charge in [0.05, 0.1) is 29.4 Å². The molecule has 0 N–H and O–H groups in total. The van der Waals surface area contributed by atoms with Gasteiger partial charge in [0.25, 0.3) is 0 Å². The zero-order chi connectivity index (χ0) is 13.0. The van der Waals surface area contributed by atoms with E-state index in [1.807, 2.05) is 31.5 Å². The Morgan fingerprint density at radius 3 is 2.83 bits per heavy atom. The summed E-state index contributed by atoms with van der Waals surface area (Å²) >= 11 is 1.66. The molecule has 0 amide bonds. The molecule has 0 atom stereocenters. The molecule has 0 fully saturated rings. The standard InChI is InChI=1S/C14H14N2OS/c1-10-7-12(8-15)3-4-13(10)17-6-5-14-11(2)16-9-18-14/h3-4,7,9H,5-6H2,1-2H3. The minimum absolute atomic E-state index is 0.635. The monoisotopic (exact) mass is 258 g/mol. The van der Waals surface area contributed by atoms with Gasteiger partial charge in [0.2, 0.25) is 0 Å². The third kappa shape index (κ3) is 2.88. The maximum atomic E-state index is 8.79. The molecule has 0 radical (unpaired) electrons. The van der Waals surface area contributed by atoms with E-state index in [1.54, 1.807) is 17.4 Å². The normalized spacial score (nSPS) is 10.1. The van der Waals surface area contributed by atoms with Gasteiger partial charge in [0.1, 0.15) is 5.75 Å². The number of hydrogen-bond acceptors (Lipinski definition) is 4. The predicted molar refractivity (Wildman–Crippen MR) is 71.9 cm³/mol. The molecule has 4 heteroatoms. The fourth-order valence-corrected chi connectivity index (χ4v) is 2.46. The third-order valence-electron chi connectivity index (χ3n) is 2.74. The molecule has 0 saturated carbocycles. The Bertz CT molecular complexity index is 584. The van der Waals surface area contributed by atoms with Crippen molar-refractivity contribution >= 4 is 11.3 Å². The fourth-order valence-electron chi connectivity index (χ4n) is 1.70. The van der Waals surface area contributed by atoms with Gasteiger partial charge in [0, 0.05) is 11.3 Å². The van der Waals surface area contributed by atoms with Gasteiger partial charge in [-0.3, -0.25) is 0 Å². The molecule has 2 aromatic rings. The summed E-state index contributed by atoms with van der Waals surface area (Å²) < 4.78 is 5.73. The van der Waals surface area contributed by atoms with Crippen LogP contribution in [0, 0.1) is 25.2 Å². The molecule has 0 aliphatic carbocycles. The van der Waals surface area contributed by atoms with Gasteiger partial charge in [-0.25, -0.2) is 4.98 Å². The molecule has 1 aromatic heterocycles. The van der Waals surface area contributed by atoms with Gasteiger partial charge in [-0.2, -0.15) is 5.26 Å². The molecule has 18 heavy (non-hydrogen) atoms. The summed E-state index contributed by atoms with van der Waals surface area (Å²) in [5, 5.41) is 8.79. The molecule has 1 heterocycles. The first-order valence-corrected chi connectivity index (χ1v) is 6.61. The molecule has 2 rings (SSSR count). The minimum Gasteiger partial charge on any atom is -0.493 e. The quantitative estimate of drug-likeness (QED) is 0.845. The number of rotatable bonds is 4. The summed E-state index contributed by atoms with van der Waals surface area (Å²) in [6, 6.07) is 7.59. The van der Waals surface area contributed by atoms with Gasteiger partial charge >= 0.3 is 0 Å². The van der Waals surface area contributed by atoms with Crippen LogP contribution in [0.4, 0.5) is 0 Å². The van der Waals surface area contributed by atoms with Crippen LogP contribution in [-0.2, 0) is 6.42 Å². The Hall–Kier alpha value is -1.86. The molecular weight excluding hydrogens is 244 g/mol. The van der Waals surface area contributed by atoms with E-state index in [0.29, 0.717) is 12.2 Å². The van der Waals surface area contributed by atoms with Crippen molar-refractivity contribution in [1.29, 1.82) is 5.26 Å². The highest BCUT2D eigenvalue weighted by Crippen LogP contribution is 2.20. The van der Waals surface area contributed by atoms with Gasteiger partial charge < -0.3 is 4.74 Å². The number of ether oxygens (including phenoxy) is 1. The molecule has 0 unspecified atom stereocenters. The Balaban J connectivity index is 1.95. The van der Waals surface area contributed by atoms with Gasteiger partial charge in [-0.05, 0) is 37.6 Å². The third-order valence-corrected chi connectivity index (χ3v) is 3.73. The molecule has 0 saturated heterocycles. The highest BCUT2D eigenvalue weighted by atomic mass is 32.1. The largest absolute Gasteiger partial charge is 0.493 e. The fraction of sp³-hybridized carbons (Fsp3) is 0.286. The van der Waals surface area contributed by atoms with Gasteiger partial charge in [-0.1, -0.05) is 0 Å². The predicted octanol–water partition coefficient (Wildman–Crippen LogP) is 3.25. The summed E-state index contributed by atoms with van der Waals surface area (Å²) in [4.78, 5) is 5.47. The van der Waals surface area contributed by atoms with Crippen molar-refractivity contribution in [3.05, 3.63) is 45.4 Å². The van der Waals surface area contributed by atoms with Crippen LogP contribution in [0.25, 0.3) is 0 Å². The van der Waals surface area contributed by atoms with Crippen molar-refractivity contribution < 1.29 is 4.74 Å². The van der Waals surface area contributed by atoms with Crippen molar-refractivity contribution in [2.45, 2.75) is 20.3 Å². The van der Waals surface area contributed by atoms with E-state index >= 15 is 0 Å². The first-order chi connectivity index (χ1) is 8.70. The summed E-state index contributed by atoms with van der Waals surface area (Å²) in [6.45, 7) is 4.60. The SMILES string of the molecule is Cc1cc(C#N)ccc1OCCc1scnc1C. The van der Waals surface area contributed by atoms with E-state index in [9.17, 15) is 0 Å². The second-order valence-electron chi connectivity index (χ2n) is 4.05. The van der Waals surface area contributed by atoms with Gasteiger partial charge in [-0.15, -0.1) is 11.3 Å². The number of aryl methyl sites for hydroxylation is 2. The van der Waals surface area contributed by atoms with Crippen molar-refractivity contribution in [3.8, 4) is 11.8 Å². The Morgan fingerprint density at radius 1 is 1.39 bits per heavy atom. The Morgan fingerprint density at radius 2 is 2.22 bits per heavy atom. The maximum Gasteiger partial charge on any atom is 0.122 e. The van der Waals surface area contributed by atoms with Crippen LogP contribution in [-0.4, -0.2) is 11.6 Å². The van der Waals surface area contributed by atoms with E-state index < -0.39 is 0 Å². The summed E-state index contributed by atoms with van der Waals surface area (Å²) in [5.41, 5.74) is 4.60. The highest BCUT2D eigenvalue weighted by Gasteiger charge is 2.04. The van der Waals surface area contributed by atoms with Crippen molar-refractivity contribution in [2.75, 3.05) is 6.61 Å². The number of thiazole rings is 1. The lowest BCUT2D eigenvalue weighted by Gasteiger charge is -2.08. The van der Waals surface area contributed by atoms with E-state index in [4.69, 9.17) is 10.00 Å². The lowest BCUT2D eigenvalue weighted by atomic mass is 10.1. The zero-order valence-electron chi connectivity index (χ0n) is 10.4.